The molecule has 1 aromatic heterocycles. The van der Waals surface area contributed by atoms with Gasteiger partial charge in [0.1, 0.15) is 10.8 Å². The van der Waals surface area contributed by atoms with Gasteiger partial charge in [-0.05, 0) is 25.0 Å². The topological polar surface area (TPSA) is 30.0 Å². The molecule has 0 saturated heterocycles. The maximum absolute atomic E-state index is 11.8. The van der Waals surface area contributed by atoms with Gasteiger partial charge in [-0.25, -0.2) is 4.98 Å². The van der Waals surface area contributed by atoms with Crippen LogP contribution in [0.4, 0.5) is 0 Å². The summed E-state index contributed by atoms with van der Waals surface area (Å²) in [4.78, 5) is 16.0. The molecule has 0 atom stereocenters. The maximum atomic E-state index is 11.8. The second-order valence-corrected chi connectivity index (χ2v) is 5.40. The van der Waals surface area contributed by atoms with Crippen LogP contribution in [0.5, 0.6) is 0 Å². The van der Waals surface area contributed by atoms with E-state index in [-0.39, 0.29) is 5.92 Å². The predicted octanol–water partition coefficient (Wildman–Crippen LogP) is 3.59. The van der Waals surface area contributed by atoms with Crippen LogP contribution >= 0.6 is 23.4 Å². The van der Waals surface area contributed by atoms with Gasteiger partial charge in [0.25, 0.3) is 0 Å². The molecule has 0 bridgehead atoms. The van der Waals surface area contributed by atoms with E-state index in [0.29, 0.717) is 16.6 Å². The third kappa shape index (κ3) is 2.98. The summed E-state index contributed by atoms with van der Waals surface area (Å²) in [7, 11) is 0. The van der Waals surface area contributed by atoms with Crippen LogP contribution in [0.1, 0.15) is 25.7 Å². The first kappa shape index (κ1) is 11.9. The molecule has 0 N–H and O–H groups in total. The Morgan fingerprint density at radius 1 is 1.50 bits per heavy atom. The zero-order valence-corrected chi connectivity index (χ0v) is 10.6. The lowest BCUT2D eigenvalue weighted by molar-refractivity contribution is -0.120. The number of hydrogen-bond donors (Lipinski definition) is 0. The van der Waals surface area contributed by atoms with Crippen LogP contribution in [0, 0.1) is 5.92 Å². The van der Waals surface area contributed by atoms with E-state index in [1.54, 1.807) is 18.3 Å². The number of ketones is 1. The SMILES string of the molecule is O=C(CSc1ncccc1Cl)C1CCCC1. The summed E-state index contributed by atoms with van der Waals surface area (Å²) in [5.41, 5.74) is 0. The maximum Gasteiger partial charge on any atom is 0.146 e. The number of carbonyl (C=O) groups excluding carboxylic acids is 1. The highest BCUT2D eigenvalue weighted by atomic mass is 35.5. The van der Waals surface area contributed by atoms with Gasteiger partial charge >= 0.3 is 0 Å². The third-order valence-electron chi connectivity index (χ3n) is 2.89. The van der Waals surface area contributed by atoms with Crippen LogP contribution in [0.25, 0.3) is 0 Å². The minimum Gasteiger partial charge on any atom is -0.298 e. The fourth-order valence-corrected chi connectivity index (χ4v) is 3.12. The van der Waals surface area contributed by atoms with Crippen molar-refractivity contribution in [1.82, 2.24) is 4.98 Å². The summed E-state index contributed by atoms with van der Waals surface area (Å²) in [6, 6.07) is 3.60. The van der Waals surface area contributed by atoms with Crippen molar-refractivity contribution in [2.45, 2.75) is 30.7 Å². The van der Waals surface area contributed by atoms with Gasteiger partial charge in [0.2, 0.25) is 0 Å². The molecule has 1 aliphatic rings. The van der Waals surface area contributed by atoms with Crippen molar-refractivity contribution in [2.24, 2.45) is 5.92 Å². The highest BCUT2D eigenvalue weighted by Gasteiger charge is 2.22. The molecule has 0 radical (unpaired) electrons. The van der Waals surface area contributed by atoms with Crippen molar-refractivity contribution >= 4 is 29.1 Å². The number of carbonyl (C=O) groups is 1. The van der Waals surface area contributed by atoms with Crippen molar-refractivity contribution in [3.05, 3.63) is 23.4 Å². The fourth-order valence-electron chi connectivity index (χ4n) is 1.98. The number of nitrogens with zero attached hydrogens (tertiary/aromatic N) is 1. The van der Waals surface area contributed by atoms with E-state index >= 15 is 0 Å². The van der Waals surface area contributed by atoms with E-state index in [1.165, 1.54) is 24.6 Å². The first-order valence-electron chi connectivity index (χ1n) is 5.53. The van der Waals surface area contributed by atoms with E-state index in [1.807, 2.05) is 0 Å². The monoisotopic (exact) mass is 255 g/mol. The largest absolute Gasteiger partial charge is 0.298 e. The van der Waals surface area contributed by atoms with Crippen LogP contribution < -0.4 is 0 Å². The van der Waals surface area contributed by atoms with Crippen LogP contribution in [-0.2, 0) is 4.79 Å². The van der Waals surface area contributed by atoms with Gasteiger partial charge in [-0.2, -0.15) is 0 Å². The van der Waals surface area contributed by atoms with Crippen molar-refractivity contribution in [1.29, 1.82) is 0 Å². The molecule has 16 heavy (non-hydrogen) atoms. The quantitative estimate of drug-likeness (QED) is 0.771. The van der Waals surface area contributed by atoms with E-state index < -0.39 is 0 Å². The summed E-state index contributed by atoms with van der Waals surface area (Å²) in [5.74, 6) is 1.14. The molecule has 0 amide bonds. The minimum atomic E-state index is 0.287. The molecule has 1 aromatic rings. The van der Waals surface area contributed by atoms with Crippen LogP contribution in [0.2, 0.25) is 5.02 Å². The lowest BCUT2D eigenvalue weighted by Gasteiger charge is -2.07. The van der Waals surface area contributed by atoms with Crippen LogP contribution in [0.3, 0.4) is 0 Å². The zero-order valence-electron chi connectivity index (χ0n) is 8.99. The van der Waals surface area contributed by atoms with Crippen LogP contribution in [-0.4, -0.2) is 16.5 Å². The predicted molar refractivity (Wildman–Crippen MR) is 66.9 cm³/mol. The number of aromatic nitrogens is 1. The summed E-state index contributed by atoms with van der Waals surface area (Å²) in [6.07, 6.45) is 6.23. The molecule has 0 aromatic carbocycles. The van der Waals surface area contributed by atoms with E-state index in [4.69, 9.17) is 11.6 Å². The molecule has 86 valence electrons. The molecule has 1 heterocycles. The van der Waals surface area contributed by atoms with Gasteiger partial charge in [0, 0.05) is 12.1 Å². The number of thioether (sulfide) groups is 1. The molecule has 2 nitrogen and oxygen atoms in total. The Balaban J connectivity index is 1.87. The molecule has 1 saturated carbocycles. The molecule has 0 aliphatic heterocycles. The molecule has 1 aliphatic carbocycles. The smallest absolute Gasteiger partial charge is 0.146 e. The molecule has 0 spiro atoms. The number of halogens is 1. The average molecular weight is 256 g/mol. The number of Topliss-reactive ketones (excluding diaryl/α,β-unsaturated/α-hetero) is 1. The minimum absolute atomic E-state index is 0.287. The van der Waals surface area contributed by atoms with Crippen LogP contribution in [0.15, 0.2) is 23.4 Å². The number of pyridine rings is 1. The highest BCUT2D eigenvalue weighted by molar-refractivity contribution is 8.00. The summed E-state index contributed by atoms with van der Waals surface area (Å²) in [5, 5.41) is 1.39. The third-order valence-corrected chi connectivity index (χ3v) is 4.33. The summed E-state index contributed by atoms with van der Waals surface area (Å²) in [6.45, 7) is 0. The van der Waals surface area contributed by atoms with Gasteiger partial charge in [0.15, 0.2) is 0 Å². The van der Waals surface area contributed by atoms with Crippen molar-refractivity contribution < 1.29 is 4.79 Å². The Labute approximate surface area is 105 Å². The second-order valence-electron chi connectivity index (χ2n) is 4.03. The standard InChI is InChI=1S/C12H14ClNOS/c13-10-6-3-7-14-12(10)16-8-11(15)9-4-1-2-5-9/h3,6-7,9H,1-2,4-5,8H2. The summed E-state index contributed by atoms with van der Waals surface area (Å²) < 4.78 is 0. The lowest BCUT2D eigenvalue weighted by Crippen LogP contribution is -2.13. The van der Waals surface area contributed by atoms with Gasteiger partial charge < -0.3 is 0 Å². The molecule has 0 unspecified atom stereocenters. The normalized spacial score (nSPS) is 16.6. The molecule has 2 rings (SSSR count). The van der Waals surface area contributed by atoms with Gasteiger partial charge in [-0.1, -0.05) is 36.2 Å². The Morgan fingerprint density at radius 3 is 2.94 bits per heavy atom. The van der Waals surface area contributed by atoms with E-state index in [2.05, 4.69) is 4.98 Å². The van der Waals surface area contributed by atoms with Crippen molar-refractivity contribution in [3.8, 4) is 0 Å². The average Bonchev–Trinajstić information content (AvgIpc) is 2.81. The second kappa shape index (κ2) is 5.69. The molecular weight excluding hydrogens is 242 g/mol. The first-order chi connectivity index (χ1) is 7.77. The number of hydrogen-bond acceptors (Lipinski definition) is 3. The Hall–Kier alpha value is -0.540. The van der Waals surface area contributed by atoms with Crippen molar-refractivity contribution in [2.75, 3.05) is 5.75 Å². The molecule has 4 heteroatoms. The van der Waals surface area contributed by atoms with Gasteiger partial charge in [-0.15, -0.1) is 0 Å². The van der Waals surface area contributed by atoms with Gasteiger partial charge in [0.05, 0.1) is 10.8 Å². The fraction of sp³-hybridized carbons (Fsp3) is 0.500. The van der Waals surface area contributed by atoms with E-state index in [0.717, 1.165) is 17.9 Å². The zero-order chi connectivity index (χ0) is 11.4. The lowest BCUT2D eigenvalue weighted by atomic mass is 10.0. The Kier molecular flexibility index (Phi) is 4.24. The first-order valence-corrected chi connectivity index (χ1v) is 6.90. The van der Waals surface area contributed by atoms with E-state index in [9.17, 15) is 4.79 Å². The molecule has 1 fully saturated rings. The summed E-state index contributed by atoms with van der Waals surface area (Å²) >= 11 is 7.42. The number of rotatable bonds is 4. The molecular formula is C12H14ClNOS. The van der Waals surface area contributed by atoms with Crippen molar-refractivity contribution in [3.63, 3.8) is 0 Å². The van der Waals surface area contributed by atoms with Gasteiger partial charge in [-0.3, -0.25) is 4.79 Å². The Morgan fingerprint density at radius 2 is 2.25 bits per heavy atom. The highest BCUT2D eigenvalue weighted by Crippen LogP contribution is 2.29. The Bertz CT molecular complexity index is 377.